The first-order valence-electron chi connectivity index (χ1n) is 6.63. The number of nitrogens with zero attached hydrogens (tertiary/aromatic N) is 3. The van der Waals surface area contributed by atoms with Crippen LogP contribution in [0.3, 0.4) is 0 Å². The summed E-state index contributed by atoms with van der Waals surface area (Å²) in [5, 5.41) is 12.7. The number of aliphatic carboxylic acids is 1. The summed E-state index contributed by atoms with van der Waals surface area (Å²) in [6.45, 7) is 2.24. The van der Waals surface area contributed by atoms with Crippen molar-refractivity contribution in [3.8, 4) is 11.7 Å². The highest BCUT2D eigenvalue weighted by atomic mass is 16.5. The highest BCUT2D eigenvalue weighted by Gasteiger charge is 2.24. The van der Waals surface area contributed by atoms with Gasteiger partial charge in [0.2, 0.25) is 0 Å². The Hall–Kier alpha value is -2.19. The van der Waals surface area contributed by atoms with Crippen molar-refractivity contribution in [2.24, 2.45) is 0 Å². The van der Waals surface area contributed by atoms with E-state index in [1.54, 1.807) is 12.1 Å². The fourth-order valence-electron chi connectivity index (χ4n) is 2.26. The lowest BCUT2D eigenvalue weighted by molar-refractivity contribution is -0.142. The monoisotopic (exact) mass is 293 g/mol. The normalized spacial score (nSPS) is 19.7. The SMILES string of the molecule is O=C(O)CC1CN(Cc2noc(-c3ccco3)n2)CCO1. The van der Waals surface area contributed by atoms with E-state index in [0.717, 1.165) is 0 Å². The number of hydrogen-bond acceptors (Lipinski definition) is 7. The molecule has 1 saturated heterocycles. The Bertz CT molecular complexity index is 595. The lowest BCUT2D eigenvalue weighted by atomic mass is 10.2. The van der Waals surface area contributed by atoms with Gasteiger partial charge in [0.1, 0.15) is 0 Å². The maximum Gasteiger partial charge on any atom is 0.306 e. The molecule has 8 nitrogen and oxygen atoms in total. The molecule has 0 aromatic carbocycles. The number of ether oxygens (including phenoxy) is 1. The van der Waals surface area contributed by atoms with Crippen molar-refractivity contribution in [2.45, 2.75) is 19.1 Å². The van der Waals surface area contributed by atoms with E-state index in [2.05, 4.69) is 10.1 Å². The highest BCUT2D eigenvalue weighted by Crippen LogP contribution is 2.18. The number of carbonyl (C=O) groups is 1. The molecule has 0 aliphatic carbocycles. The van der Waals surface area contributed by atoms with E-state index in [4.69, 9.17) is 18.8 Å². The van der Waals surface area contributed by atoms with Crippen LogP contribution < -0.4 is 0 Å². The minimum Gasteiger partial charge on any atom is -0.481 e. The first-order chi connectivity index (χ1) is 10.2. The first kappa shape index (κ1) is 13.8. The third kappa shape index (κ3) is 3.47. The molecular formula is C13H15N3O5. The zero-order chi connectivity index (χ0) is 14.7. The maximum absolute atomic E-state index is 10.7. The molecule has 3 rings (SSSR count). The van der Waals surface area contributed by atoms with Gasteiger partial charge in [-0.1, -0.05) is 5.16 Å². The van der Waals surface area contributed by atoms with Gasteiger partial charge in [0.25, 0.3) is 5.89 Å². The molecule has 1 aliphatic rings. The summed E-state index contributed by atoms with van der Waals surface area (Å²) in [5.41, 5.74) is 0. The van der Waals surface area contributed by atoms with Gasteiger partial charge in [0.05, 0.1) is 31.9 Å². The van der Waals surface area contributed by atoms with Crippen LogP contribution in [-0.2, 0) is 16.1 Å². The standard InChI is InChI=1S/C13H15N3O5/c17-12(18)6-9-7-16(3-5-19-9)8-11-14-13(21-15-11)10-2-1-4-20-10/h1-2,4,9H,3,5-8H2,(H,17,18). The molecule has 0 saturated carbocycles. The van der Waals surface area contributed by atoms with E-state index < -0.39 is 5.97 Å². The van der Waals surface area contributed by atoms with E-state index in [1.165, 1.54) is 6.26 Å². The van der Waals surface area contributed by atoms with Crippen LogP contribution in [0.25, 0.3) is 11.7 Å². The van der Waals surface area contributed by atoms with Gasteiger partial charge in [0, 0.05) is 13.1 Å². The molecule has 2 aromatic rings. The first-order valence-corrected chi connectivity index (χ1v) is 6.63. The van der Waals surface area contributed by atoms with Crippen molar-refractivity contribution in [2.75, 3.05) is 19.7 Å². The quantitative estimate of drug-likeness (QED) is 0.871. The molecule has 0 amide bonds. The van der Waals surface area contributed by atoms with E-state index in [9.17, 15) is 4.79 Å². The summed E-state index contributed by atoms with van der Waals surface area (Å²) in [4.78, 5) is 17.0. The van der Waals surface area contributed by atoms with Gasteiger partial charge in [0.15, 0.2) is 11.6 Å². The molecule has 3 heterocycles. The molecule has 21 heavy (non-hydrogen) atoms. The minimum atomic E-state index is -0.860. The van der Waals surface area contributed by atoms with Crippen LogP contribution in [0.4, 0.5) is 0 Å². The van der Waals surface area contributed by atoms with Crippen molar-refractivity contribution in [1.29, 1.82) is 0 Å². The number of carboxylic acid groups (broad SMARTS) is 1. The third-order valence-electron chi connectivity index (χ3n) is 3.19. The molecule has 0 radical (unpaired) electrons. The van der Waals surface area contributed by atoms with Gasteiger partial charge < -0.3 is 18.8 Å². The Kier molecular flexibility index (Phi) is 3.98. The van der Waals surface area contributed by atoms with Crippen molar-refractivity contribution in [1.82, 2.24) is 15.0 Å². The molecule has 1 atom stereocenters. The van der Waals surface area contributed by atoms with Crippen LogP contribution in [0.2, 0.25) is 0 Å². The molecule has 1 fully saturated rings. The second-order valence-corrected chi connectivity index (χ2v) is 4.82. The Labute approximate surface area is 120 Å². The average Bonchev–Trinajstić information content (AvgIpc) is 3.08. The predicted molar refractivity (Wildman–Crippen MR) is 69.3 cm³/mol. The second kappa shape index (κ2) is 6.06. The Balaban J connectivity index is 1.60. The zero-order valence-electron chi connectivity index (χ0n) is 11.3. The topological polar surface area (TPSA) is 102 Å². The van der Waals surface area contributed by atoms with Crippen LogP contribution in [-0.4, -0.2) is 51.9 Å². The second-order valence-electron chi connectivity index (χ2n) is 4.82. The van der Waals surface area contributed by atoms with E-state index in [1.807, 2.05) is 4.90 Å². The average molecular weight is 293 g/mol. The van der Waals surface area contributed by atoms with Gasteiger partial charge >= 0.3 is 5.97 Å². The van der Waals surface area contributed by atoms with Gasteiger partial charge in [-0.15, -0.1) is 0 Å². The molecule has 1 N–H and O–H groups in total. The van der Waals surface area contributed by atoms with Crippen molar-refractivity contribution in [3.63, 3.8) is 0 Å². The highest BCUT2D eigenvalue weighted by molar-refractivity contribution is 5.67. The number of morpholine rings is 1. The maximum atomic E-state index is 10.7. The number of hydrogen-bond donors (Lipinski definition) is 1. The predicted octanol–water partition coefficient (Wildman–Crippen LogP) is 1.01. The van der Waals surface area contributed by atoms with Crippen LogP contribution in [0.15, 0.2) is 27.3 Å². The Morgan fingerprint density at radius 3 is 3.19 bits per heavy atom. The zero-order valence-corrected chi connectivity index (χ0v) is 11.3. The summed E-state index contributed by atoms with van der Waals surface area (Å²) in [6.07, 6.45) is 1.24. The van der Waals surface area contributed by atoms with Crippen LogP contribution in [0.1, 0.15) is 12.2 Å². The fourth-order valence-corrected chi connectivity index (χ4v) is 2.26. The van der Waals surface area contributed by atoms with Crippen LogP contribution >= 0.6 is 0 Å². The molecule has 112 valence electrons. The number of carboxylic acids is 1. The summed E-state index contributed by atoms with van der Waals surface area (Å²) < 4.78 is 15.7. The Morgan fingerprint density at radius 1 is 1.52 bits per heavy atom. The van der Waals surface area contributed by atoms with Crippen molar-refractivity contribution < 1.29 is 23.6 Å². The van der Waals surface area contributed by atoms with Crippen molar-refractivity contribution in [3.05, 3.63) is 24.2 Å². The summed E-state index contributed by atoms with van der Waals surface area (Å²) in [7, 11) is 0. The summed E-state index contributed by atoms with van der Waals surface area (Å²) >= 11 is 0. The molecule has 0 spiro atoms. The molecular weight excluding hydrogens is 278 g/mol. The van der Waals surface area contributed by atoms with Crippen LogP contribution in [0, 0.1) is 0 Å². The van der Waals surface area contributed by atoms with Gasteiger partial charge in [-0.3, -0.25) is 9.69 Å². The lowest BCUT2D eigenvalue weighted by Crippen LogP contribution is -2.42. The smallest absolute Gasteiger partial charge is 0.306 e. The summed E-state index contributed by atoms with van der Waals surface area (Å²) in [5.74, 6) is 0.545. The number of furan rings is 1. The van der Waals surface area contributed by atoms with Gasteiger partial charge in [-0.25, -0.2) is 0 Å². The van der Waals surface area contributed by atoms with E-state index in [-0.39, 0.29) is 12.5 Å². The number of aromatic nitrogens is 2. The van der Waals surface area contributed by atoms with Gasteiger partial charge in [-0.2, -0.15) is 4.98 Å². The molecule has 1 aliphatic heterocycles. The fraction of sp³-hybridized carbons (Fsp3) is 0.462. The Morgan fingerprint density at radius 2 is 2.43 bits per heavy atom. The lowest BCUT2D eigenvalue weighted by Gasteiger charge is -2.31. The molecule has 1 unspecified atom stereocenters. The third-order valence-corrected chi connectivity index (χ3v) is 3.19. The molecule has 0 bridgehead atoms. The summed E-state index contributed by atoms with van der Waals surface area (Å²) in [6, 6.07) is 3.49. The molecule has 8 heteroatoms. The largest absolute Gasteiger partial charge is 0.481 e. The van der Waals surface area contributed by atoms with Crippen LogP contribution in [0.5, 0.6) is 0 Å². The van der Waals surface area contributed by atoms with E-state index in [0.29, 0.717) is 43.7 Å². The number of rotatable bonds is 5. The van der Waals surface area contributed by atoms with Gasteiger partial charge in [-0.05, 0) is 12.1 Å². The molecule has 2 aromatic heterocycles. The van der Waals surface area contributed by atoms with E-state index >= 15 is 0 Å². The minimum absolute atomic E-state index is 0.000386. The van der Waals surface area contributed by atoms with Crippen molar-refractivity contribution >= 4 is 5.97 Å².